The number of carboxylic acid groups (broad SMARTS) is 1. The number of rotatable bonds is 8. The van der Waals surface area contributed by atoms with E-state index in [-0.39, 0.29) is 23.8 Å². The molecule has 0 bridgehead atoms. The number of anilines is 2. The summed E-state index contributed by atoms with van der Waals surface area (Å²) in [5.74, 6) is -0.995. The number of aromatic nitrogens is 1. The molecule has 1 saturated carbocycles. The molecule has 1 aliphatic rings. The van der Waals surface area contributed by atoms with Gasteiger partial charge in [0.05, 0.1) is 11.3 Å². The van der Waals surface area contributed by atoms with Crippen molar-refractivity contribution in [3.63, 3.8) is 0 Å². The second-order valence-corrected chi connectivity index (χ2v) is 5.99. The maximum Gasteiger partial charge on any atom is 0.408 e. The first kappa shape index (κ1) is 18.4. The Morgan fingerprint density at radius 3 is 2.62 bits per heavy atom. The molecule has 1 unspecified atom stereocenters. The standard InChI is InChI=1S/C16H22F3N3O2/c1-3-4-5-13(16(17,18)19)22(11-6-7-11)14-12(20-2)8-10(9-21-14)15(23)24/h8-9,11,13,20H,3-7H2,1-2H3,(H,23,24). The van der Waals surface area contributed by atoms with Crippen molar-refractivity contribution in [2.24, 2.45) is 0 Å². The maximum atomic E-state index is 13.6. The Morgan fingerprint density at radius 1 is 1.50 bits per heavy atom. The summed E-state index contributed by atoms with van der Waals surface area (Å²) in [7, 11) is 1.55. The lowest BCUT2D eigenvalue weighted by Crippen LogP contribution is -2.48. The molecular weight excluding hydrogens is 323 g/mol. The normalized spacial score (nSPS) is 15.9. The molecule has 0 spiro atoms. The van der Waals surface area contributed by atoms with Crippen LogP contribution in [0.25, 0.3) is 0 Å². The van der Waals surface area contributed by atoms with Crippen molar-refractivity contribution in [3.05, 3.63) is 17.8 Å². The summed E-state index contributed by atoms with van der Waals surface area (Å²) in [5, 5.41) is 11.8. The molecule has 5 nitrogen and oxygen atoms in total. The fourth-order valence-corrected chi connectivity index (χ4v) is 2.75. The van der Waals surface area contributed by atoms with Gasteiger partial charge in [-0.3, -0.25) is 0 Å². The van der Waals surface area contributed by atoms with Crippen LogP contribution in [0.3, 0.4) is 0 Å². The van der Waals surface area contributed by atoms with E-state index in [1.54, 1.807) is 7.05 Å². The lowest BCUT2D eigenvalue weighted by Gasteiger charge is -2.35. The first-order chi connectivity index (χ1) is 11.3. The van der Waals surface area contributed by atoms with Gasteiger partial charge < -0.3 is 15.3 Å². The second-order valence-electron chi connectivity index (χ2n) is 5.99. The van der Waals surface area contributed by atoms with Crippen LogP contribution in [0.2, 0.25) is 0 Å². The first-order valence-corrected chi connectivity index (χ1v) is 8.05. The molecule has 24 heavy (non-hydrogen) atoms. The fraction of sp³-hybridized carbons (Fsp3) is 0.625. The summed E-state index contributed by atoms with van der Waals surface area (Å²) in [6.07, 6.45) is -0.738. The van der Waals surface area contributed by atoms with Crippen LogP contribution in [0.5, 0.6) is 0 Å². The lowest BCUT2D eigenvalue weighted by molar-refractivity contribution is -0.150. The third-order valence-corrected chi connectivity index (χ3v) is 4.11. The molecule has 0 amide bonds. The van der Waals surface area contributed by atoms with Gasteiger partial charge in [0.1, 0.15) is 6.04 Å². The molecule has 1 aromatic heterocycles. The highest BCUT2D eigenvalue weighted by Crippen LogP contribution is 2.41. The molecular formula is C16H22F3N3O2. The van der Waals surface area contributed by atoms with Crippen molar-refractivity contribution in [2.45, 2.75) is 57.3 Å². The average Bonchev–Trinajstić information content (AvgIpc) is 3.34. The number of nitrogens with zero attached hydrogens (tertiary/aromatic N) is 2. The van der Waals surface area contributed by atoms with Crippen LogP contribution >= 0.6 is 0 Å². The van der Waals surface area contributed by atoms with Gasteiger partial charge in [-0.15, -0.1) is 0 Å². The quantitative estimate of drug-likeness (QED) is 0.748. The molecule has 1 atom stereocenters. The van der Waals surface area contributed by atoms with E-state index in [1.165, 1.54) is 11.0 Å². The van der Waals surface area contributed by atoms with Crippen molar-refractivity contribution in [2.75, 3.05) is 17.3 Å². The van der Waals surface area contributed by atoms with Gasteiger partial charge in [0.2, 0.25) is 0 Å². The van der Waals surface area contributed by atoms with E-state index in [9.17, 15) is 18.0 Å². The van der Waals surface area contributed by atoms with Crippen molar-refractivity contribution in [1.29, 1.82) is 0 Å². The number of unbranched alkanes of at least 4 members (excludes halogenated alkanes) is 1. The van der Waals surface area contributed by atoms with Gasteiger partial charge in [-0.2, -0.15) is 13.2 Å². The zero-order valence-corrected chi connectivity index (χ0v) is 13.7. The highest BCUT2D eigenvalue weighted by molar-refractivity contribution is 5.89. The molecule has 0 aromatic carbocycles. The third-order valence-electron chi connectivity index (χ3n) is 4.11. The predicted octanol–water partition coefficient (Wildman–Crippen LogP) is 3.91. The number of hydrogen-bond acceptors (Lipinski definition) is 4. The topological polar surface area (TPSA) is 65.5 Å². The van der Waals surface area contributed by atoms with Gasteiger partial charge in [-0.1, -0.05) is 19.8 Å². The summed E-state index contributed by atoms with van der Waals surface area (Å²) in [6, 6.07) is -0.489. The number of hydrogen-bond donors (Lipinski definition) is 2. The van der Waals surface area contributed by atoms with E-state index in [2.05, 4.69) is 10.3 Å². The zero-order valence-electron chi connectivity index (χ0n) is 13.7. The van der Waals surface area contributed by atoms with Gasteiger partial charge in [-0.05, 0) is 25.3 Å². The number of halogens is 3. The van der Waals surface area contributed by atoms with E-state index >= 15 is 0 Å². The number of nitrogens with one attached hydrogen (secondary N) is 1. The van der Waals surface area contributed by atoms with Gasteiger partial charge in [-0.25, -0.2) is 9.78 Å². The number of pyridine rings is 1. The predicted molar refractivity (Wildman–Crippen MR) is 85.6 cm³/mol. The van der Waals surface area contributed by atoms with Gasteiger partial charge in [0.15, 0.2) is 5.82 Å². The monoisotopic (exact) mass is 345 g/mol. The fourth-order valence-electron chi connectivity index (χ4n) is 2.75. The number of aromatic carboxylic acids is 1. The van der Waals surface area contributed by atoms with Crippen LogP contribution in [0, 0.1) is 0 Å². The Balaban J connectivity index is 2.44. The van der Waals surface area contributed by atoms with E-state index in [0.717, 1.165) is 6.20 Å². The Labute approximate surface area is 138 Å². The summed E-state index contributed by atoms with van der Waals surface area (Å²) >= 11 is 0. The van der Waals surface area contributed by atoms with Crippen molar-refractivity contribution >= 4 is 17.5 Å². The van der Waals surface area contributed by atoms with Crippen LogP contribution in [0.1, 0.15) is 49.4 Å². The van der Waals surface area contributed by atoms with Crippen LogP contribution < -0.4 is 10.2 Å². The van der Waals surface area contributed by atoms with Crippen LogP contribution in [-0.4, -0.2) is 41.4 Å². The Morgan fingerprint density at radius 2 is 2.17 bits per heavy atom. The minimum atomic E-state index is -4.37. The van der Waals surface area contributed by atoms with Gasteiger partial charge >= 0.3 is 12.1 Å². The molecule has 0 saturated heterocycles. The van der Waals surface area contributed by atoms with Gasteiger partial charge in [0, 0.05) is 19.3 Å². The largest absolute Gasteiger partial charge is 0.478 e. The highest BCUT2D eigenvalue weighted by Gasteiger charge is 2.48. The molecule has 2 N–H and O–H groups in total. The lowest BCUT2D eigenvalue weighted by atomic mass is 10.1. The molecule has 134 valence electrons. The smallest absolute Gasteiger partial charge is 0.408 e. The van der Waals surface area contributed by atoms with Crippen LogP contribution in [0.15, 0.2) is 12.3 Å². The Hall–Kier alpha value is -1.99. The van der Waals surface area contributed by atoms with E-state index in [4.69, 9.17) is 5.11 Å². The molecule has 2 rings (SSSR count). The van der Waals surface area contributed by atoms with Crippen molar-refractivity contribution in [3.8, 4) is 0 Å². The molecule has 1 aromatic rings. The van der Waals surface area contributed by atoms with Crippen molar-refractivity contribution in [1.82, 2.24) is 4.98 Å². The SMILES string of the molecule is CCCCC(N(c1ncc(C(=O)O)cc1NC)C1CC1)C(F)(F)F. The van der Waals surface area contributed by atoms with Crippen molar-refractivity contribution < 1.29 is 23.1 Å². The summed E-state index contributed by atoms with van der Waals surface area (Å²) < 4.78 is 40.9. The number of carbonyl (C=O) groups is 1. The Kier molecular flexibility index (Phi) is 5.56. The molecule has 1 fully saturated rings. The highest BCUT2D eigenvalue weighted by atomic mass is 19.4. The molecule has 0 aliphatic heterocycles. The van der Waals surface area contributed by atoms with E-state index in [0.29, 0.717) is 31.4 Å². The molecule has 0 radical (unpaired) electrons. The first-order valence-electron chi connectivity index (χ1n) is 8.05. The van der Waals surface area contributed by atoms with Crippen LogP contribution in [-0.2, 0) is 0 Å². The minimum absolute atomic E-state index is 0.00200. The van der Waals surface area contributed by atoms with Crippen LogP contribution in [0.4, 0.5) is 24.7 Å². The number of carboxylic acids is 1. The number of alkyl halides is 3. The van der Waals surface area contributed by atoms with E-state index < -0.39 is 18.2 Å². The van der Waals surface area contributed by atoms with Gasteiger partial charge in [0.25, 0.3) is 0 Å². The Bertz CT molecular complexity index is 588. The zero-order chi connectivity index (χ0) is 17.9. The molecule has 1 heterocycles. The summed E-state index contributed by atoms with van der Waals surface area (Å²) in [4.78, 5) is 16.5. The summed E-state index contributed by atoms with van der Waals surface area (Å²) in [6.45, 7) is 1.85. The minimum Gasteiger partial charge on any atom is -0.478 e. The van der Waals surface area contributed by atoms with E-state index in [1.807, 2.05) is 6.92 Å². The molecule has 1 aliphatic carbocycles. The second kappa shape index (κ2) is 7.27. The third kappa shape index (κ3) is 4.10. The average molecular weight is 345 g/mol. The molecule has 8 heteroatoms. The summed E-state index contributed by atoms with van der Waals surface area (Å²) in [5.41, 5.74) is 0.239. The maximum absolute atomic E-state index is 13.6.